The fraction of sp³-hybridized carbons (Fsp3) is 0.0833. The predicted molar refractivity (Wildman–Crippen MR) is 74.9 cm³/mol. The van der Waals surface area contributed by atoms with E-state index in [0.29, 0.717) is 11.3 Å². The summed E-state index contributed by atoms with van der Waals surface area (Å²) in [4.78, 5) is 10.6. The van der Waals surface area contributed by atoms with Crippen LogP contribution in [0.25, 0.3) is 0 Å². The molecule has 8 heteroatoms. The number of nitrogens with one attached hydrogen (secondary N) is 1. The van der Waals surface area contributed by atoms with Crippen molar-refractivity contribution >= 4 is 33.0 Å². The first-order valence-electron chi connectivity index (χ1n) is 5.44. The summed E-state index contributed by atoms with van der Waals surface area (Å²) < 4.78 is 26.5. The molecule has 0 atom stereocenters. The lowest BCUT2D eigenvalue weighted by atomic mass is 10.2. The number of anilines is 1. The van der Waals surface area contributed by atoms with Crippen LogP contribution in [-0.4, -0.2) is 24.6 Å². The summed E-state index contributed by atoms with van der Waals surface area (Å²) in [7, 11) is -3.84. The van der Waals surface area contributed by atoms with Crippen molar-refractivity contribution in [2.24, 2.45) is 0 Å². The van der Waals surface area contributed by atoms with E-state index < -0.39 is 16.0 Å². The van der Waals surface area contributed by atoms with E-state index in [9.17, 15) is 18.3 Å². The molecule has 1 aromatic heterocycles. The Morgan fingerprint density at radius 3 is 2.55 bits per heavy atom. The first-order chi connectivity index (χ1) is 9.29. The minimum Gasteiger partial charge on any atom is -0.508 e. The SMILES string of the molecule is Cc1cc(NS(=O)(=O)c2csc(C(=O)O)c2)ccc1O. The monoisotopic (exact) mass is 313 g/mol. The number of sulfonamides is 1. The second-order valence-electron chi connectivity index (χ2n) is 4.06. The highest BCUT2D eigenvalue weighted by molar-refractivity contribution is 7.92. The van der Waals surface area contributed by atoms with Gasteiger partial charge in [-0.25, -0.2) is 13.2 Å². The van der Waals surface area contributed by atoms with Crippen molar-refractivity contribution in [3.8, 4) is 5.75 Å². The Bertz CT molecular complexity index is 764. The number of benzene rings is 1. The number of carboxylic acids is 1. The van der Waals surface area contributed by atoms with Gasteiger partial charge in [-0.1, -0.05) is 0 Å². The molecule has 1 heterocycles. The van der Waals surface area contributed by atoms with Crippen LogP contribution in [0.15, 0.2) is 34.5 Å². The van der Waals surface area contributed by atoms with Crippen LogP contribution in [0.2, 0.25) is 0 Å². The second kappa shape index (κ2) is 5.14. The standard InChI is InChI=1S/C12H11NO5S2/c1-7-4-8(2-3-10(7)14)13-20(17,18)9-5-11(12(15)16)19-6-9/h2-6,13-14H,1H3,(H,15,16). The van der Waals surface area contributed by atoms with Crippen LogP contribution in [0.5, 0.6) is 5.75 Å². The Labute approximate surface area is 119 Å². The third kappa shape index (κ3) is 2.91. The molecule has 0 bridgehead atoms. The fourth-order valence-electron chi connectivity index (χ4n) is 1.50. The van der Waals surface area contributed by atoms with E-state index >= 15 is 0 Å². The Hall–Kier alpha value is -2.06. The van der Waals surface area contributed by atoms with Gasteiger partial charge in [-0.2, -0.15) is 0 Å². The molecule has 0 fully saturated rings. The van der Waals surface area contributed by atoms with Crippen molar-refractivity contribution < 1.29 is 23.4 Å². The zero-order valence-corrected chi connectivity index (χ0v) is 12.0. The van der Waals surface area contributed by atoms with E-state index in [2.05, 4.69) is 4.72 Å². The lowest BCUT2D eigenvalue weighted by Crippen LogP contribution is -2.12. The van der Waals surface area contributed by atoms with Crippen molar-refractivity contribution in [1.82, 2.24) is 0 Å². The topological polar surface area (TPSA) is 104 Å². The molecule has 3 N–H and O–H groups in total. The highest BCUT2D eigenvalue weighted by Crippen LogP contribution is 2.25. The van der Waals surface area contributed by atoms with Crippen LogP contribution in [0.3, 0.4) is 0 Å². The number of aromatic carboxylic acids is 1. The van der Waals surface area contributed by atoms with Crippen molar-refractivity contribution in [1.29, 1.82) is 0 Å². The molecule has 0 spiro atoms. The maximum absolute atomic E-state index is 12.1. The summed E-state index contributed by atoms with van der Waals surface area (Å²) in [6.07, 6.45) is 0. The van der Waals surface area contributed by atoms with Gasteiger partial charge in [0.2, 0.25) is 0 Å². The van der Waals surface area contributed by atoms with Crippen LogP contribution in [0.4, 0.5) is 5.69 Å². The molecular weight excluding hydrogens is 302 g/mol. The Balaban J connectivity index is 2.30. The number of carbonyl (C=O) groups is 1. The molecule has 6 nitrogen and oxygen atoms in total. The van der Waals surface area contributed by atoms with E-state index in [0.717, 1.165) is 17.4 Å². The van der Waals surface area contributed by atoms with Gasteiger partial charge in [-0.05, 0) is 36.8 Å². The molecule has 1 aromatic carbocycles. The Kier molecular flexibility index (Phi) is 3.69. The molecule has 0 unspecified atom stereocenters. The minimum absolute atomic E-state index is 0.0488. The van der Waals surface area contributed by atoms with Gasteiger partial charge in [-0.3, -0.25) is 4.72 Å². The smallest absolute Gasteiger partial charge is 0.345 e. The number of hydrogen-bond acceptors (Lipinski definition) is 5. The van der Waals surface area contributed by atoms with Crippen LogP contribution in [0.1, 0.15) is 15.2 Å². The molecule has 0 aliphatic carbocycles. The third-order valence-corrected chi connectivity index (χ3v) is 4.97. The van der Waals surface area contributed by atoms with Crippen molar-refractivity contribution in [2.75, 3.05) is 4.72 Å². The summed E-state index contributed by atoms with van der Waals surface area (Å²) in [5.74, 6) is -1.10. The number of phenols is 1. The summed E-state index contributed by atoms with van der Waals surface area (Å²) in [5, 5.41) is 19.4. The third-order valence-electron chi connectivity index (χ3n) is 2.55. The molecule has 0 amide bonds. The predicted octanol–water partition coefficient (Wildman–Crippen LogP) is 2.26. The first-order valence-corrected chi connectivity index (χ1v) is 7.80. The van der Waals surface area contributed by atoms with E-state index in [1.165, 1.54) is 23.6 Å². The van der Waals surface area contributed by atoms with Gasteiger partial charge in [-0.15, -0.1) is 11.3 Å². The first kappa shape index (κ1) is 14.4. The molecule has 20 heavy (non-hydrogen) atoms. The molecule has 0 aliphatic rings. The maximum atomic E-state index is 12.1. The van der Waals surface area contributed by atoms with E-state index in [1.54, 1.807) is 6.92 Å². The molecule has 2 rings (SSSR count). The molecular formula is C12H11NO5S2. The summed E-state index contributed by atoms with van der Waals surface area (Å²) >= 11 is 0.842. The van der Waals surface area contributed by atoms with Gasteiger partial charge in [0.05, 0.1) is 4.90 Å². The lowest BCUT2D eigenvalue weighted by molar-refractivity contribution is 0.0702. The lowest BCUT2D eigenvalue weighted by Gasteiger charge is -2.07. The van der Waals surface area contributed by atoms with E-state index in [-0.39, 0.29) is 15.5 Å². The van der Waals surface area contributed by atoms with E-state index in [1.807, 2.05) is 0 Å². The summed E-state index contributed by atoms with van der Waals surface area (Å²) in [6, 6.07) is 5.38. The highest BCUT2D eigenvalue weighted by Gasteiger charge is 2.18. The number of aromatic hydroxyl groups is 1. The Morgan fingerprint density at radius 1 is 1.30 bits per heavy atom. The van der Waals surface area contributed by atoms with Gasteiger partial charge in [0.15, 0.2) is 0 Å². The van der Waals surface area contributed by atoms with Crippen molar-refractivity contribution in [3.05, 3.63) is 40.1 Å². The van der Waals surface area contributed by atoms with Gasteiger partial charge >= 0.3 is 5.97 Å². The van der Waals surface area contributed by atoms with E-state index in [4.69, 9.17) is 5.11 Å². The molecule has 0 aliphatic heterocycles. The number of aryl methyl sites for hydroxylation is 1. The average Bonchev–Trinajstić information content (AvgIpc) is 2.84. The van der Waals surface area contributed by atoms with Gasteiger partial charge in [0.1, 0.15) is 10.6 Å². The second-order valence-corrected chi connectivity index (χ2v) is 6.65. The fourth-order valence-corrected chi connectivity index (χ4v) is 3.67. The Morgan fingerprint density at radius 2 is 2.00 bits per heavy atom. The maximum Gasteiger partial charge on any atom is 0.345 e. The number of thiophene rings is 1. The number of hydrogen-bond donors (Lipinski definition) is 3. The molecule has 0 saturated heterocycles. The van der Waals surface area contributed by atoms with Crippen LogP contribution >= 0.6 is 11.3 Å². The highest BCUT2D eigenvalue weighted by atomic mass is 32.2. The van der Waals surface area contributed by atoms with Crippen LogP contribution < -0.4 is 4.72 Å². The molecule has 0 radical (unpaired) electrons. The van der Waals surface area contributed by atoms with Gasteiger partial charge in [0.25, 0.3) is 10.0 Å². The zero-order valence-electron chi connectivity index (χ0n) is 10.3. The number of carboxylic acid groups (broad SMARTS) is 1. The molecule has 0 saturated carbocycles. The average molecular weight is 313 g/mol. The van der Waals surface area contributed by atoms with Crippen molar-refractivity contribution in [2.45, 2.75) is 11.8 Å². The summed E-state index contributed by atoms with van der Waals surface area (Å²) in [5.41, 5.74) is 0.824. The number of phenolic OH excluding ortho intramolecular Hbond substituents is 1. The quantitative estimate of drug-likeness (QED) is 0.751. The molecule has 106 valence electrons. The number of rotatable bonds is 4. The van der Waals surface area contributed by atoms with Crippen LogP contribution in [0, 0.1) is 6.92 Å². The zero-order chi connectivity index (χ0) is 14.9. The normalized spacial score (nSPS) is 11.2. The van der Waals surface area contributed by atoms with Crippen molar-refractivity contribution in [3.63, 3.8) is 0 Å². The summed E-state index contributed by atoms with van der Waals surface area (Å²) in [6.45, 7) is 1.64. The minimum atomic E-state index is -3.84. The van der Waals surface area contributed by atoms with Crippen LogP contribution in [-0.2, 0) is 10.0 Å². The van der Waals surface area contributed by atoms with Gasteiger partial charge in [0, 0.05) is 11.1 Å². The molecule has 2 aromatic rings. The van der Waals surface area contributed by atoms with Gasteiger partial charge < -0.3 is 10.2 Å². The largest absolute Gasteiger partial charge is 0.508 e.